The fourth-order valence-corrected chi connectivity index (χ4v) is 3.20. The van der Waals surface area contributed by atoms with Gasteiger partial charge in [0.2, 0.25) is 0 Å². The van der Waals surface area contributed by atoms with Crippen molar-refractivity contribution in [2.24, 2.45) is 0 Å². The van der Waals surface area contributed by atoms with Crippen LogP contribution in [0.5, 0.6) is 0 Å². The minimum atomic E-state index is -0.970. The molecule has 2 rings (SSSR count). The highest BCUT2D eigenvalue weighted by Crippen LogP contribution is 2.26. The number of halogens is 1. The number of carbonyl (C=O) groups excluding carboxylic acids is 1. The zero-order valence-corrected chi connectivity index (χ0v) is 11.7. The van der Waals surface area contributed by atoms with Crippen LogP contribution in [0.3, 0.4) is 0 Å². The number of hydrogen-bond donors (Lipinski definition) is 2. The Labute approximate surface area is 116 Å². The highest BCUT2D eigenvalue weighted by Gasteiger charge is 2.35. The maximum Gasteiger partial charge on any atom is 0.327 e. The van der Waals surface area contributed by atoms with Crippen LogP contribution in [0, 0.1) is 0 Å². The van der Waals surface area contributed by atoms with Crippen molar-refractivity contribution in [2.45, 2.75) is 6.04 Å². The van der Waals surface area contributed by atoms with E-state index in [4.69, 9.17) is 10.8 Å². The molecule has 1 amide bonds. The molecule has 1 aromatic rings. The molecule has 1 aliphatic heterocycles. The van der Waals surface area contributed by atoms with E-state index in [1.807, 2.05) is 0 Å². The fraction of sp³-hybridized carbons (Fsp3) is 0.273. The Bertz CT molecular complexity index is 509. The number of carboxylic acids is 1. The van der Waals surface area contributed by atoms with Crippen LogP contribution in [0.1, 0.15) is 10.4 Å². The van der Waals surface area contributed by atoms with Gasteiger partial charge in [0.15, 0.2) is 0 Å². The minimum Gasteiger partial charge on any atom is -0.480 e. The molecular formula is C11H11BrN2O3S. The summed E-state index contributed by atoms with van der Waals surface area (Å²) in [5.41, 5.74) is 6.62. The van der Waals surface area contributed by atoms with E-state index < -0.39 is 12.0 Å². The van der Waals surface area contributed by atoms with Gasteiger partial charge in [-0.25, -0.2) is 4.79 Å². The van der Waals surface area contributed by atoms with Crippen molar-refractivity contribution in [1.29, 1.82) is 0 Å². The molecule has 7 heteroatoms. The number of carboxylic acid groups (broad SMARTS) is 1. The Kier molecular flexibility index (Phi) is 3.82. The van der Waals surface area contributed by atoms with E-state index in [0.717, 1.165) is 0 Å². The lowest BCUT2D eigenvalue weighted by Gasteiger charge is -2.20. The van der Waals surface area contributed by atoms with Crippen LogP contribution in [0.4, 0.5) is 5.69 Å². The van der Waals surface area contributed by atoms with Crippen molar-refractivity contribution in [3.63, 3.8) is 0 Å². The second kappa shape index (κ2) is 5.19. The van der Waals surface area contributed by atoms with Crippen molar-refractivity contribution in [1.82, 2.24) is 4.90 Å². The molecule has 1 atom stereocenters. The number of anilines is 1. The van der Waals surface area contributed by atoms with Gasteiger partial charge >= 0.3 is 5.97 Å². The zero-order valence-electron chi connectivity index (χ0n) is 9.30. The van der Waals surface area contributed by atoms with E-state index in [2.05, 4.69) is 15.9 Å². The van der Waals surface area contributed by atoms with Crippen LogP contribution < -0.4 is 5.73 Å². The molecule has 0 bridgehead atoms. The molecule has 1 saturated heterocycles. The summed E-state index contributed by atoms with van der Waals surface area (Å²) in [6.45, 7) is 0. The second-order valence-electron chi connectivity index (χ2n) is 3.87. The molecule has 1 aromatic carbocycles. The smallest absolute Gasteiger partial charge is 0.327 e. The summed E-state index contributed by atoms with van der Waals surface area (Å²) in [5, 5.41) is 9.04. The molecule has 0 spiro atoms. The number of nitrogens with two attached hydrogens (primary N) is 1. The van der Waals surface area contributed by atoms with Crippen molar-refractivity contribution in [2.75, 3.05) is 17.4 Å². The quantitative estimate of drug-likeness (QED) is 0.805. The number of thioether (sulfide) groups is 1. The van der Waals surface area contributed by atoms with Crippen LogP contribution >= 0.6 is 27.7 Å². The normalized spacial score (nSPS) is 18.9. The maximum atomic E-state index is 12.2. The first-order valence-corrected chi connectivity index (χ1v) is 7.12. The van der Waals surface area contributed by atoms with Crippen LogP contribution in [0.25, 0.3) is 0 Å². The van der Waals surface area contributed by atoms with Gasteiger partial charge in [-0.15, -0.1) is 11.8 Å². The average molecular weight is 331 g/mol. The summed E-state index contributed by atoms with van der Waals surface area (Å²) >= 11 is 4.69. The van der Waals surface area contributed by atoms with E-state index >= 15 is 0 Å². The van der Waals surface area contributed by atoms with Gasteiger partial charge in [0.1, 0.15) is 6.04 Å². The standard InChI is InChI=1S/C11H11BrN2O3S/c12-7-3-6(1-2-8(7)13)10(15)14-5-18-4-9(14)11(16)17/h1-3,9H,4-5,13H2,(H,16,17)/t9-/m1/s1. The third-order valence-corrected chi connectivity index (χ3v) is 4.37. The third kappa shape index (κ3) is 2.46. The lowest BCUT2D eigenvalue weighted by Crippen LogP contribution is -2.41. The molecule has 18 heavy (non-hydrogen) atoms. The molecule has 0 radical (unpaired) electrons. The molecule has 5 nitrogen and oxygen atoms in total. The van der Waals surface area contributed by atoms with Crippen molar-refractivity contribution < 1.29 is 14.7 Å². The molecule has 0 unspecified atom stereocenters. The molecule has 1 aliphatic rings. The molecular weight excluding hydrogens is 320 g/mol. The number of aliphatic carboxylic acids is 1. The van der Waals surface area contributed by atoms with Gasteiger partial charge in [-0.2, -0.15) is 0 Å². The summed E-state index contributed by atoms with van der Waals surface area (Å²) < 4.78 is 0.632. The molecule has 3 N–H and O–H groups in total. The Morgan fingerprint density at radius 2 is 2.22 bits per heavy atom. The summed E-state index contributed by atoms with van der Waals surface area (Å²) in [6, 6.07) is 4.08. The first-order valence-electron chi connectivity index (χ1n) is 5.17. The van der Waals surface area contributed by atoms with Gasteiger partial charge in [0, 0.05) is 21.5 Å². The van der Waals surface area contributed by atoms with Gasteiger partial charge in [0.05, 0.1) is 5.88 Å². The van der Waals surface area contributed by atoms with Gasteiger partial charge < -0.3 is 15.7 Å². The number of hydrogen-bond acceptors (Lipinski definition) is 4. The van der Waals surface area contributed by atoms with Crippen molar-refractivity contribution >= 4 is 45.3 Å². The van der Waals surface area contributed by atoms with Gasteiger partial charge in [-0.3, -0.25) is 4.79 Å². The highest BCUT2D eigenvalue weighted by atomic mass is 79.9. The van der Waals surface area contributed by atoms with E-state index in [-0.39, 0.29) is 5.91 Å². The van der Waals surface area contributed by atoms with Gasteiger partial charge in [0.25, 0.3) is 5.91 Å². The van der Waals surface area contributed by atoms with Crippen molar-refractivity contribution in [3.8, 4) is 0 Å². The van der Waals surface area contributed by atoms with Gasteiger partial charge in [-0.05, 0) is 34.1 Å². The third-order valence-electron chi connectivity index (χ3n) is 2.68. The topological polar surface area (TPSA) is 83.6 Å². The first-order chi connectivity index (χ1) is 8.50. The van der Waals surface area contributed by atoms with Crippen LogP contribution in [0.15, 0.2) is 22.7 Å². The monoisotopic (exact) mass is 330 g/mol. The number of nitrogens with zero attached hydrogens (tertiary/aromatic N) is 1. The Balaban J connectivity index is 2.25. The van der Waals surface area contributed by atoms with Gasteiger partial charge in [-0.1, -0.05) is 0 Å². The zero-order chi connectivity index (χ0) is 13.3. The van der Waals surface area contributed by atoms with Crippen molar-refractivity contribution in [3.05, 3.63) is 28.2 Å². The van der Waals surface area contributed by atoms with Crippen LogP contribution in [0.2, 0.25) is 0 Å². The molecule has 1 heterocycles. The largest absolute Gasteiger partial charge is 0.480 e. The van der Waals surface area contributed by atoms with E-state index in [1.54, 1.807) is 18.2 Å². The van der Waals surface area contributed by atoms with E-state index in [1.165, 1.54) is 16.7 Å². The minimum absolute atomic E-state index is 0.284. The van der Waals surface area contributed by atoms with E-state index in [0.29, 0.717) is 27.4 Å². The van der Waals surface area contributed by atoms with Crippen LogP contribution in [-0.4, -0.2) is 39.6 Å². The predicted molar refractivity (Wildman–Crippen MR) is 73.5 cm³/mol. The molecule has 0 aliphatic carbocycles. The summed E-state index contributed by atoms with van der Waals surface area (Å²) in [7, 11) is 0. The number of amides is 1. The van der Waals surface area contributed by atoms with E-state index in [9.17, 15) is 9.59 Å². The SMILES string of the molecule is Nc1ccc(C(=O)N2CSC[C@@H]2C(=O)O)cc1Br. The second-order valence-corrected chi connectivity index (χ2v) is 5.72. The Morgan fingerprint density at radius 1 is 1.50 bits per heavy atom. The highest BCUT2D eigenvalue weighted by molar-refractivity contribution is 9.10. The summed E-state index contributed by atoms with van der Waals surface area (Å²) in [5.74, 6) is -0.425. The lowest BCUT2D eigenvalue weighted by molar-refractivity contribution is -0.140. The number of rotatable bonds is 2. The predicted octanol–water partition coefficient (Wildman–Crippen LogP) is 1.63. The summed E-state index contributed by atoms with van der Waals surface area (Å²) in [6.07, 6.45) is 0. The first kappa shape index (κ1) is 13.2. The Hall–Kier alpha value is -1.21. The number of nitrogen functional groups attached to an aromatic ring is 1. The molecule has 0 aromatic heterocycles. The molecule has 96 valence electrons. The maximum absolute atomic E-state index is 12.2. The summed E-state index contributed by atoms with van der Waals surface area (Å²) in [4.78, 5) is 24.6. The fourth-order valence-electron chi connectivity index (χ4n) is 1.67. The lowest BCUT2D eigenvalue weighted by atomic mass is 10.1. The number of carbonyl (C=O) groups is 2. The molecule has 0 saturated carbocycles. The molecule has 1 fully saturated rings. The Morgan fingerprint density at radius 3 is 2.83 bits per heavy atom. The number of benzene rings is 1. The average Bonchev–Trinajstić information content (AvgIpc) is 2.81. The van der Waals surface area contributed by atoms with Crippen LogP contribution in [-0.2, 0) is 4.79 Å².